The van der Waals surface area contributed by atoms with Gasteiger partial charge in [0.15, 0.2) is 0 Å². The van der Waals surface area contributed by atoms with Gasteiger partial charge in [0, 0.05) is 73.3 Å². The molecule has 4 N–H and O–H groups in total. The summed E-state index contributed by atoms with van der Waals surface area (Å²) in [5.41, 5.74) is 5.78. The predicted molar refractivity (Wildman–Crippen MR) is 172 cm³/mol. The SMILES string of the molecule is CN/C=C(\C=N)c1cc(Nc2ncc(Br)c(Nc3ccc4nccnc4c3P(C)C)n2)c(C)nc1N1CCOCC1. The van der Waals surface area contributed by atoms with Crippen molar-refractivity contribution in [3.8, 4) is 0 Å². The Balaban J connectivity index is 1.50. The van der Waals surface area contributed by atoms with Gasteiger partial charge in [-0.25, -0.2) is 9.97 Å². The summed E-state index contributed by atoms with van der Waals surface area (Å²) in [7, 11) is 1.33. The first-order chi connectivity index (χ1) is 19.9. The zero-order chi connectivity index (χ0) is 28.9. The molecule has 1 aromatic carbocycles. The first kappa shape index (κ1) is 28.8. The normalized spacial score (nSPS) is 13.9. The van der Waals surface area contributed by atoms with Crippen LogP contribution in [-0.4, -0.2) is 77.8 Å². The first-order valence-electron chi connectivity index (χ1n) is 13.1. The van der Waals surface area contributed by atoms with Crippen LogP contribution in [0, 0.1) is 12.3 Å². The molecular formula is C28H32BrN10OP. The van der Waals surface area contributed by atoms with Crippen molar-refractivity contribution in [3.05, 3.63) is 58.7 Å². The van der Waals surface area contributed by atoms with E-state index in [0.717, 1.165) is 62.4 Å². The van der Waals surface area contributed by atoms with Crippen molar-refractivity contribution in [1.29, 1.82) is 5.41 Å². The summed E-state index contributed by atoms with van der Waals surface area (Å²) in [6.07, 6.45) is 8.28. The van der Waals surface area contributed by atoms with Gasteiger partial charge in [0.25, 0.3) is 0 Å². The number of hydrogen-bond acceptors (Lipinski definition) is 11. The van der Waals surface area contributed by atoms with E-state index in [2.05, 4.69) is 65.1 Å². The van der Waals surface area contributed by atoms with Gasteiger partial charge in [0.2, 0.25) is 5.95 Å². The Bertz CT molecular complexity index is 1610. The Morgan fingerprint density at radius 1 is 1.07 bits per heavy atom. The second kappa shape index (κ2) is 12.8. The summed E-state index contributed by atoms with van der Waals surface area (Å²) in [6.45, 7) is 9.11. The molecule has 0 bridgehead atoms. The van der Waals surface area contributed by atoms with Gasteiger partial charge in [-0.1, -0.05) is 7.92 Å². The van der Waals surface area contributed by atoms with Gasteiger partial charge in [0.1, 0.15) is 11.6 Å². The van der Waals surface area contributed by atoms with Gasteiger partial charge < -0.3 is 31.0 Å². The van der Waals surface area contributed by atoms with Gasteiger partial charge in [-0.2, -0.15) is 4.98 Å². The minimum Gasteiger partial charge on any atom is -0.393 e. The predicted octanol–water partition coefficient (Wildman–Crippen LogP) is 4.79. The molecule has 4 heterocycles. The summed E-state index contributed by atoms with van der Waals surface area (Å²) >= 11 is 3.60. The molecule has 5 rings (SSSR count). The number of nitrogens with one attached hydrogen (secondary N) is 4. The van der Waals surface area contributed by atoms with Crippen molar-refractivity contribution in [3.63, 3.8) is 0 Å². The third-order valence-electron chi connectivity index (χ3n) is 6.57. The Morgan fingerprint density at radius 2 is 1.85 bits per heavy atom. The number of nitrogens with zero attached hydrogens (tertiary/aromatic N) is 6. The van der Waals surface area contributed by atoms with E-state index in [0.29, 0.717) is 30.6 Å². The van der Waals surface area contributed by atoms with Crippen LogP contribution in [0.1, 0.15) is 11.3 Å². The average Bonchev–Trinajstić information content (AvgIpc) is 2.98. The number of ether oxygens (including phenoxy) is 1. The average molecular weight is 636 g/mol. The molecule has 1 aliphatic rings. The molecule has 0 spiro atoms. The van der Waals surface area contributed by atoms with Crippen LogP contribution in [0.25, 0.3) is 16.6 Å². The van der Waals surface area contributed by atoms with Crippen LogP contribution in [0.4, 0.5) is 29.0 Å². The highest BCUT2D eigenvalue weighted by Crippen LogP contribution is 2.35. The van der Waals surface area contributed by atoms with Crippen LogP contribution in [0.2, 0.25) is 0 Å². The molecule has 11 nitrogen and oxygen atoms in total. The molecule has 4 aromatic rings. The molecule has 3 aromatic heterocycles. The van der Waals surface area contributed by atoms with Crippen molar-refractivity contribution in [2.24, 2.45) is 0 Å². The largest absolute Gasteiger partial charge is 0.393 e. The van der Waals surface area contributed by atoms with Crippen molar-refractivity contribution in [2.75, 3.05) is 62.2 Å². The van der Waals surface area contributed by atoms with Crippen LogP contribution < -0.4 is 26.2 Å². The molecule has 0 atom stereocenters. The van der Waals surface area contributed by atoms with Crippen LogP contribution in [0.5, 0.6) is 0 Å². The molecule has 0 aliphatic carbocycles. The quantitative estimate of drug-likeness (QED) is 0.150. The number of morpholine rings is 1. The van der Waals surface area contributed by atoms with Crippen molar-refractivity contribution >= 4 is 80.9 Å². The van der Waals surface area contributed by atoms with E-state index in [1.54, 1.807) is 24.8 Å². The molecule has 0 amide bonds. The molecule has 1 saturated heterocycles. The van der Waals surface area contributed by atoms with E-state index in [4.69, 9.17) is 20.1 Å². The lowest BCUT2D eigenvalue weighted by atomic mass is 10.1. The monoisotopic (exact) mass is 634 g/mol. The lowest BCUT2D eigenvalue weighted by Crippen LogP contribution is -2.37. The van der Waals surface area contributed by atoms with Gasteiger partial charge >= 0.3 is 0 Å². The fourth-order valence-electron chi connectivity index (χ4n) is 4.64. The third-order valence-corrected chi connectivity index (χ3v) is 8.50. The standard InChI is InChI=1S/C28H32BrN10OP/c1-17-23(13-19(18(14-30)15-31-2)27(35-17)39-9-11-40-12-10-39)37-28-34-16-20(29)26(38-28)36-22-6-5-21-24(25(22)41(3)4)33-8-7-32-21/h5-8,13-16,30-31H,9-12H2,1-4H3,(H2,34,36,37,38)/b18-15+,30-14?. The lowest BCUT2D eigenvalue weighted by Gasteiger charge is -2.30. The van der Waals surface area contributed by atoms with E-state index in [1.165, 1.54) is 6.21 Å². The number of pyridine rings is 1. The number of anilines is 5. The van der Waals surface area contributed by atoms with Crippen LogP contribution in [0.15, 0.2) is 47.5 Å². The fourth-order valence-corrected chi connectivity index (χ4v) is 6.14. The van der Waals surface area contributed by atoms with Gasteiger partial charge in [-0.3, -0.25) is 9.97 Å². The summed E-state index contributed by atoms with van der Waals surface area (Å²) in [6, 6.07) is 5.99. The topological polar surface area (TPSA) is 137 Å². The maximum absolute atomic E-state index is 8.04. The Morgan fingerprint density at radius 3 is 2.59 bits per heavy atom. The number of fused-ring (bicyclic) bond motifs is 1. The third kappa shape index (κ3) is 6.29. The van der Waals surface area contributed by atoms with Crippen LogP contribution in [0.3, 0.4) is 0 Å². The molecule has 0 radical (unpaired) electrons. The summed E-state index contributed by atoms with van der Waals surface area (Å²) in [5.74, 6) is 1.86. The van der Waals surface area contributed by atoms with Crippen LogP contribution >= 0.6 is 23.9 Å². The second-order valence-corrected chi connectivity index (χ2v) is 12.6. The zero-order valence-electron chi connectivity index (χ0n) is 23.4. The maximum atomic E-state index is 8.04. The fraction of sp³-hybridized carbons (Fsp3) is 0.286. The molecule has 41 heavy (non-hydrogen) atoms. The Hall–Kier alpha value is -3.73. The number of benzene rings is 1. The van der Waals surface area contributed by atoms with Crippen molar-refractivity contribution in [1.82, 2.24) is 30.2 Å². The number of hydrogen-bond donors (Lipinski definition) is 4. The highest BCUT2D eigenvalue weighted by molar-refractivity contribution is 9.10. The number of rotatable bonds is 9. The van der Waals surface area contributed by atoms with E-state index in [9.17, 15) is 0 Å². The molecule has 1 fully saturated rings. The molecule has 13 heteroatoms. The van der Waals surface area contributed by atoms with Crippen molar-refractivity contribution < 1.29 is 4.74 Å². The zero-order valence-corrected chi connectivity index (χ0v) is 25.8. The summed E-state index contributed by atoms with van der Waals surface area (Å²) in [4.78, 5) is 25.5. The van der Waals surface area contributed by atoms with Gasteiger partial charge in [0.05, 0.1) is 40.1 Å². The van der Waals surface area contributed by atoms with Crippen molar-refractivity contribution in [2.45, 2.75) is 6.92 Å². The van der Waals surface area contributed by atoms with Gasteiger partial charge in [-0.15, -0.1) is 0 Å². The van der Waals surface area contributed by atoms with E-state index >= 15 is 0 Å². The highest BCUT2D eigenvalue weighted by Gasteiger charge is 2.21. The second-order valence-electron chi connectivity index (χ2n) is 9.55. The summed E-state index contributed by atoms with van der Waals surface area (Å²) in [5, 5.41) is 19.1. The van der Waals surface area contributed by atoms with E-state index in [1.807, 2.05) is 32.2 Å². The highest BCUT2D eigenvalue weighted by atomic mass is 79.9. The van der Waals surface area contributed by atoms with E-state index in [-0.39, 0.29) is 0 Å². The van der Waals surface area contributed by atoms with E-state index < -0.39 is 7.92 Å². The van der Waals surface area contributed by atoms with Gasteiger partial charge in [-0.05, 0) is 54.4 Å². The smallest absolute Gasteiger partial charge is 0.229 e. The molecule has 1 aliphatic heterocycles. The molecule has 0 unspecified atom stereocenters. The maximum Gasteiger partial charge on any atom is 0.229 e. The van der Waals surface area contributed by atoms with Crippen LogP contribution in [-0.2, 0) is 4.74 Å². The Labute approximate surface area is 248 Å². The number of allylic oxidation sites excluding steroid dienone is 1. The minimum absolute atomic E-state index is 0.414. The molecular weight excluding hydrogens is 603 g/mol. The number of halogens is 1. The first-order valence-corrected chi connectivity index (χ1v) is 16.1. The number of aromatic nitrogens is 5. The summed E-state index contributed by atoms with van der Waals surface area (Å²) < 4.78 is 6.28. The Kier molecular flexibility index (Phi) is 9.02. The minimum atomic E-state index is -0.486. The lowest BCUT2D eigenvalue weighted by molar-refractivity contribution is 0.122. The number of aryl methyl sites for hydroxylation is 1. The molecule has 212 valence electrons. The molecule has 0 saturated carbocycles.